The van der Waals surface area contributed by atoms with Gasteiger partial charge in [0.15, 0.2) is 0 Å². The van der Waals surface area contributed by atoms with E-state index >= 15 is 0 Å². The van der Waals surface area contributed by atoms with Gasteiger partial charge in [-0.05, 0) is 39.3 Å². The number of nitrogens with one attached hydrogen (secondary N) is 2. The molecule has 1 unspecified atom stereocenters. The third kappa shape index (κ3) is 3.67. The van der Waals surface area contributed by atoms with Crippen LogP contribution in [0, 0.1) is 0 Å². The quantitative estimate of drug-likeness (QED) is 0.880. The van der Waals surface area contributed by atoms with E-state index in [9.17, 15) is 9.59 Å². The SMILES string of the molecule is CC(C)(C)OC(=O)NC1CCN(c2nc3ccccc3c(=O)[nH]2)C1. The number of rotatable bonds is 2. The lowest BCUT2D eigenvalue weighted by Crippen LogP contribution is -2.40. The summed E-state index contributed by atoms with van der Waals surface area (Å²) < 4.78 is 5.28. The smallest absolute Gasteiger partial charge is 0.407 e. The van der Waals surface area contributed by atoms with Crippen molar-refractivity contribution in [3.8, 4) is 0 Å². The van der Waals surface area contributed by atoms with Crippen molar-refractivity contribution in [1.82, 2.24) is 15.3 Å². The third-order valence-electron chi connectivity index (χ3n) is 3.81. The average molecular weight is 330 g/mol. The van der Waals surface area contributed by atoms with E-state index in [0.29, 0.717) is 29.9 Å². The molecule has 0 bridgehead atoms. The molecule has 1 aliphatic rings. The van der Waals surface area contributed by atoms with Gasteiger partial charge in [-0.25, -0.2) is 9.78 Å². The van der Waals surface area contributed by atoms with E-state index in [4.69, 9.17) is 4.74 Å². The molecule has 1 aliphatic heterocycles. The Kier molecular flexibility index (Phi) is 4.17. The molecule has 1 aromatic carbocycles. The van der Waals surface area contributed by atoms with Crippen LogP contribution in [-0.2, 0) is 4.74 Å². The molecule has 0 radical (unpaired) electrons. The van der Waals surface area contributed by atoms with Crippen LogP contribution in [0.25, 0.3) is 10.9 Å². The minimum atomic E-state index is -0.520. The van der Waals surface area contributed by atoms with E-state index in [1.807, 2.05) is 43.9 Å². The molecule has 1 saturated heterocycles. The lowest BCUT2D eigenvalue weighted by atomic mass is 10.2. The van der Waals surface area contributed by atoms with Crippen LogP contribution in [0.15, 0.2) is 29.1 Å². The lowest BCUT2D eigenvalue weighted by Gasteiger charge is -2.22. The van der Waals surface area contributed by atoms with Gasteiger partial charge in [-0.15, -0.1) is 0 Å². The summed E-state index contributed by atoms with van der Waals surface area (Å²) >= 11 is 0. The second-order valence-corrected chi connectivity index (χ2v) is 6.98. The van der Waals surface area contributed by atoms with Crippen molar-refractivity contribution >= 4 is 22.9 Å². The maximum Gasteiger partial charge on any atom is 0.407 e. The van der Waals surface area contributed by atoms with Crippen molar-refractivity contribution in [1.29, 1.82) is 0 Å². The fourth-order valence-electron chi connectivity index (χ4n) is 2.77. The molecular weight excluding hydrogens is 308 g/mol. The van der Waals surface area contributed by atoms with Crippen molar-refractivity contribution in [3.63, 3.8) is 0 Å². The highest BCUT2D eigenvalue weighted by molar-refractivity contribution is 5.78. The topological polar surface area (TPSA) is 87.3 Å². The first-order chi connectivity index (χ1) is 11.3. The molecule has 1 aromatic heterocycles. The average Bonchev–Trinajstić information content (AvgIpc) is 2.93. The van der Waals surface area contributed by atoms with Gasteiger partial charge in [0.25, 0.3) is 5.56 Å². The van der Waals surface area contributed by atoms with Crippen molar-refractivity contribution in [2.75, 3.05) is 18.0 Å². The van der Waals surface area contributed by atoms with Crippen LogP contribution < -0.4 is 15.8 Å². The first-order valence-electron chi connectivity index (χ1n) is 8.05. The Morgan fingerprint density at radius 2 is 2.12 bits per heavy atom. The summed E-state index contributed by atoms with van der Waals surface area (Å²) in [6, 6.07) is 7.21. The summed E-state index contributed by atoms with van der Waals surface area (Å²) in [5.74, 6) is 0.534. The fourth-order valence-corrected chi connectivity index (χ4v) is 2.77. The summed E-state index contributed by atoms with van der Waals surface area (Å²) in [6.07, 6.45) is 0.352. The van der Waals surface area contributed by atoms with Crippen LogP contribution in [0.1, 0.15) is 27.2 Å². The van der Waals surface area contributed by atoms with Gasteiger partial charge in [0, 0.05) is 13.1 Å². The molecule has 0 saturated carbocycles. The molecule has 1 fully saturated rings. The largest absolute Gasteiger partial charge is 0.444 e. The Balaban J connectivity index is 1.70. The van der Waals surface area contributed by atoms with E-state index in [2.05, 4.69) is 15.3 Å². The van der Waals surface area contributed by atoms with Gasteiger partial charge >= 0.3 is 6.09 Å². The Bertz CT molecular complexity index is 809. The summed E-state index contributed by atoms with van der Waals surface area (Å²) in [5.41, 5.74) is -0.00741. The lowest BCUT2D eigenvalue weighted by molar-refractivity contribution is 0.0509. The monoisotopic (exact) mass is 330 g/mol. The number of hydrogen-bond donors (Lipinski definition) is 2. The Morgan fingerprint density at radius 3 is 2.88 bits per heavy atom. The van der Waals surface area contributed by atoms with Crippen LogP contribution in [0.4, 0.5) is 10.7 Å². The molecule has 2 N–H and O–H groups in total. The van der Waals surface area contributed by atoms with Crippen LogP contribution in [-0.4, -0.2) is 40.8 Å². The second-order valence-electron chi connectivity index (χ2n) is 6.98. The number of anilines is 1. The molecule has 7 nitrogen and oxygen atoms in total. The molecule has 7 heteroatoms. The Morgan fingerprint density at radius 1 is 1.38 bits per heavy atom. The molecule has 2 aromatic rings. The van der Waals surface area contributed by atoms with Gasteiger partial charge in [-0.2, -0.15) is 0 Å². The number of para-hydroxylation sites is 1. The molecule has 3 rings (SSSR count). The summed E-state index contributed by atoms with van der Waals surface area (Å²) in [6.45, 7) is 6.79. The number of carbonyl (C=O) groups is 1. The number of nitrogens with zero attached hydrogens (tertiary/aromatic N) is 2. The second kappa shape index (κ2) is 6.14. The highest BCUT2D eigenvalue weighted by atomic mass is 16.6. The molecule has 0 spiro atoms. The van der Waals surface area contributed by atoms with Crippen LogP contribution in [0.2, 0.25) is 0 Å². The number of aromatic nitrogens is 2. The molecule has 128 valence electrons. The summed E-state index contributed by atoms with van der Waals surface area (Å²) in [4.78, 5) is 33.3. The predicted octanol–water partition coefficient (Wildman–Crippen LogP) is 2.03. The van der Waals surface area contributed by atoms with Crippen molar-refractivity contribution in [3.05, 3.63) is 34.6 Å². The van der Waals surface area contributed by atoms with Crippen LogP contribution in [0.3, 0.4) is 0 Å². The minimum Gasteiger partial charge on any atom is -0.444 e. The van der Waals surface area contributed by atoms with E-state index in [1.54, 1.807) is 6.07 Å². The first kappa shape index (κ1) is 16.3. The number of benzene rings is 1. The molecule has 0 aliphatic carbocycles. The van der Waals surface area contributed by atoms with Gasteiger partial charge in [0.05, 0.1) is 16.9 Å². The molecule has 1 amide bonds. The molecular formula is C17H22N4O3. The van der Waals surface area contributed by atoms with Gasteiger partial charge in [-0.3, -0.25) is 9.78 Å². The number of fused-ring (bicyclic) bond motifs is 1. The normalized spacial score (nSPS) is 18.0. The maximum atomic E-state index is 12.2. The van der Waals surface area contributed by atoms with Crippen molar-refractivity contribution in [2.45, 2.75) is 38.8 Å². The summed E-state index contributed by atoms with van der Waals surface area (Å²) in [7, 11) is 0. The molecule has 24 heavy (non-hydrogen) atoms. The number of hydrogen-bond acceptors (Lipinski definition) is 5. The Hall–Kier alpha value is -2.57. The highest BCUT2D eigenvalue weighted by Gasteiger charge is 2.27. The van der Waals surface area contributed by atoms with E-state index < -0.39 is 11.7 Å². The zero-order valence-corrected chi connectivity index (χ0v) is 14.1. The minimum absolute atomic E-state index is 0.0309. The van der Waals surface area contributed by atoms with Gasteiger partial charge in [0.2, 0.25) is 5.95 Å². The summed E-state index contributed by atoms with van der Waals surface area (Å²) in [5, 5.41) is 3.44. The number of H-pyrrole nitrogens is 1. The van der Waals surface area contributed by atoms with Gasteiger partial charge in [0.1, 0.15) is 5.60 Å². The fraction of sp³-hybridized carbons (Fsp3) is 0.471. The number of alkyl carbamates (subject to hydrolysis) is 1. The van der Waals surface area contributed by atoms with Gasteiger partial charge < -0.3 is 15.0 Å². The van der Waals surface area contributed by atoms with E-state index in [0.717, 1.165) is 6.42 Å². The molecule has 2 heterocycles. The zero-order valence-electron chi connectivity index (χ0n) is 14.1. The van der Waals surface area contributed by atoms with E-state index in [-0.39, 0.29) is 11.6 Å². The third-order valence-corrected chi connectivity index (χ3v) is 3.81. The van der Waals surface area contributed by atoms with Crippen molar-refractivity contribution < 1.29 is 9.53 Å². The van der Waals surface area contributed by atoms with Crippen LogP contribution in [0.5, 0.6) is 0 Å². The van der Waals surface area contributed by atoms with E-state index in [1.165, 1.54) is 0 Å². The number of ether oxygens (including phenoxy) is 1. The number of carbonyl (C=O) groups excluding carboxylic acids is 1. The molecule has 1 atom stereocenters. The van der Waals surface area contributed by atoms with Gasteiger partial charge in [-0.1, -0.05) is 12.1 Å². The first-order valence-corrected chi connectivity index (χ1v) is 8.05. The Labute approximate surface area is 140 Å². The zero-order chi connectivity index (χ0) is 17.3. The number of aromatic amines is 1. The number of amides is 1. The maximum absolute atomic E-state index is 12.2. The van der Waals surface area contributed by atoms with Crippen molar-refractivity contribution in [2.24, 2.45) is 0 Å². The highest BCUT2D eigenvalue weighted by Crippen LogP contribution is 2.18. The van der Waals surface area contributed by atoms with Crippen LogP contribution >= 0.6 is 0 Å². The predicted molar refractivity (Wildman–Crippen MR) is 92.4 cm³/mol. The standard InChI is InChI=1S/C17H22N4O3/c1-17(2,3)24-16(23)18-11-8-9-21(10-11)15-19-13-7-5-4-6-12(13)14(22)20-15/h4-7,11H,8-10H2,1-3H3,(H,18,23)(H,19,20,22).